The zero-order chi connectivity index (χ0) is 12.5. The van der Waals surface area contributed by atoms with E-state index in [2.05, 4.69) is 6.07 Å². The molecule has 0 amide bonds. The largest absolute Gasteiger partial charge is 0.493 e. The lowest BCUT2D eigenvalue weighted by molar-refractivity contribution is 0.304. The van der Waals surface area contributed by atoms with Crippen LogP contribution in [-0.4, -0.2) is 13.2 Å². The number of benzene rings is 1. The number of nitriles is 1. The third-order valence-electron chi connectivity index (χ3n) is 2.38. The Morgan fingerprint density at radius 2 is 2.18 bits per heavy atom. The molecule has 0 fully saturated rings. The van der Waals surface area contributed by atoms with Gasteiger partial charge in [-0.05, 0) is 49.6 Å². The topological polar surface area (TPSA) is 59.0 Å². The first-order chi connectivity index (χ1) is 8.27. The maximum atomic E-state index is 13.0. The van der Waals surface area contributed by atoms with Gasteiger partial charge in [-0.1, -0.05) is 0 Å². The van der Waals surface area contributed by atoms with E-state index in [9.17, 15) is 4.39 Å². The smallest absolute Gasteiger partial charge is 0.123 e. The number of halogens is 1. The van der Waals surface area contributed by atoms with Gasteiger partial charge < -0.3 is 10.5 Å². The van der Waals surface area contributed by atoms with Crippen LogP contribution in [0.5, 0.6) is 5.75 Å². The highest BCUT2D eigenvalue weighted by Crippen LogP contribution is 2.20. The lowest BCUT2D eigenvalue weighted by Crippen LogP contribution is -2.06. The molecule has 1 rings (SSSR count). The van der Waals surface area contributed by atoms with E-state index in [1.54, 1.807) is 6.07 Å². The van der Waals surface area contributed by atoms with Crippen LogP contribution in [0.4, 0.5) is 4.39 Å². The highest BCUT2D eigenvalue weighted by molar-refractivity contribution is 5.34. The fourth-order valence-electron chi connectivity index (χ4n) is 1.53. The van der Waals surface area contributed by atoms with E-state index >= 15 is 0 Å². The highest BCUT2D eigenvalue weighted by atomic mass is 19.1. The van der Waals surface area contributed by atoms with Crippen LogP contribution in [-0.2, 0) is 6.42 Å². The fraction of sp³-hybridized carbons (Fsp3) is 0.462. The highest BCUT2D eigenvalue weighted by Gasteiger charge is 2.04. The van der Waals surface area contributed by atoms with Gasteiger partial charge in [0.25, 0.3) is 0 Å². The SMILES string of the molecule is N#CCCCCOc1ccc(F)cc1CCN. The lowest BCUT2D eigenvalue weighted by Gasteiger charge is -2.10. The predicted octanol–water partition coefficient (Wildman–Crippen LogP) is 2.40. The molecule has 4 heteroatoms. The number of hydrogen-bond acceptors (Lipinski definition) is 3. The van der Waals surface area contributed by atoms with Gasteiger partial charge in [0.15, 0.2) is 0 Å². The zero-order valence-corrected chi connectivity index (χ0v) is 9.79. The second kappa shape index (κ2) is 7.64. The van der Waals surface area contributed by atoms with Crippen LogP contribution in [0.3, 0.4) is 0 Å². The van der Waals surface area contributed by atoms with Crippen LogP contribution < -0.4 is 10.5 Å². The Morgan fingerprint density at radius 1 is 1.35 bits per heavy atom. The summed E-state index contributed by atoms with van der Waals surface area (Å²) >= 11 is 0. The Kier molecular flexibility index (Phi) is 6.05. The van der Waals surface area contributed by atoms with Crippen molar-refractivity contribution in [1.82, 2.24) is 0 Å². The first-order valence-electron chi connectivity index (χ1n) is 5.76. The molecule has 0 spiro atoms. The molecular formula is C13H17FN2O. The first-order valence-corrected chi connectivity index (χ1v) is 5.76. The number of nitrogens with zero attached hydrogens (tertiary/aromatic N) is 1. The van der Waals surface area contributed by atoms with Gasteiger partial charge >= 0.3 is 0 Å². The molecule has 0 radical (unpaired) electrons. The Bertz CT molecular complexity index is 387. The minimum absolute atomic E-state index is 0.273. The van der Waals surface area contributed by atoms with E-state index in [0.717, 1.165) is 18.4 Å². The monoisotopic (exact) mass is 236 g/mol. The summed E-state index contributed by atoms with van der Waals surface area (Å²) < 4.78 is 18.6. The average molecular weight is 236 g/mol. The number of ether oxygens (including phenoxy) is 1. The van der Waals surface area contributed by atoms with Crippen LogP contribution in [0.2, 0.25) is 0 Å². The van der Waals surface area contributed by atoms with Crippen LogP contribution in [0, 0.1) is 17.1 Å². The summed E-state index contributed by atoms with van der Waals surface area (Å²) in [6.07, 6.45) is 2.80. The summed E-state index contributed by atoms with van der Waals surface area (Å²) in [4.78, 5) is 0. The fourth-order valence-corrected chi connectivity index (χ4v) is 1.53. The summed E-state index contributed by atoms with van der Waals surface area (Å²) in [5.74, 6) is 0.416. The Morgan fingerprint density at radius 3 is 2.88 bits per heavy atom. The quantitative estimate of drug-likeness (QED) is 0.739. The van der Waals surface area contributed by atoms with Crippen molar-refractivity contribution >= 4 is 0 Å². The summed E-state index contributed by atoms with van der Waals surface area (Å²) in [5.41, 5.74) is 6.26. The molecule has 0 saturated carbocycles. The molecule has 0 aliphatic rings. The molecule has 3 nitrogen and oxygen atoms in total. The standard InChI is InChI=1S/C13H17FN2O/c14-12-4-5-13(11(10-12)6-8-16)17-9-3-1-2-7-15/h4-5,10H,1-3,6,8-9,16H2. The van der Waals surface area contributed by atoms with Gasteiger partial charge in [-0.2, -0.15) is 5.26 Å². The van der Waals surface area contributed by atoms with Crippen molar-refractivity contribution in [2.45, 2.75) is 25.7 Å². The Balaban J connectivity index is 2.49. The molecule has 2 N–H and O–H groups in total. The van der Waals surface area contributed by atoms with E-state index < -0.39 is 0 Å². The second-order valence-corrected chi connectivity index (χ2v) is 3.75. The van der Waals surface area contributed by atoms with Gasteiger partial charge in [0.05, 0.1) is 12.7 Å². The van der Waals surface area contributed by atoms with E-state index in [-0.39, 0.29) is 5.82 Å². The minimum atomic E-state index is -0.273. The summed E-state index contributed by atoms with van der Waals surface area (Å²) in [5, 5.41) is 8.38. The molecule has 0 bridgehead atoms. The zero-order valence-electron chi connectivity index (χ0n) is 9.79. The molecule has 1 aromatic rings. The van der Waals surface area contributed by atoms with E-state index in [4.69, 9.17) is 15.7 Å². The van der Waals surface area contributed by atoms with Crippen molar-refractivity contribution in [3.8, 4) is 11.8 Å². The summed E-state index contributed by atoms with van der Waals surface area (Å²) in [6, 6.07) is 6.55. The molecular weight excluding hydrogens is 219 g/mol. The first kappa shape index (κ1) is 13.5. The van der Waals surface area contributed by atoms with E-state index in [1.807, 2.05) is 0 Å². The van der Waals surface area contributed by atoms with Crippen LogP contribution in [0.15, 0.2) is 18.2 Å². The molecule has 1 aromatic carbocycles. The molecule has 0 atom stereocenters. The third kappa shape index (κ3) is 4.83. The lowest BCUT2D eigenvalue weighted by atomic mass is 10.1. The van der Waals surface area contributed by atoms with Crippen molar-refractivity contribution < 1.29 is 9.13 Å². The average Bonchev–Trinajstić information content (AvgIpc) is 2.32. The van der Waals surface area contributed by atoms with Gasteiger partial charge in [0.1, 0.15) is 11.6 Å². The molecule has 0 heterocycles. The van der Waals surface area contributed by atoms with Crippen molar-refractivity contribution in [1.29, 1.82) is 5.26 Å². The van der Waals surface area contributed by atoms with Crippen molar-refractivity contribution in [3.63, 3.8) is 0 Å². The number of rotatable bonds is 7. The molecule has 0 unspecified atom stereocenters. The number of hydrogen-bond donors (Lipinski definition) is 1. The molecule has 0 aliphatic heterocycles. The van der Waals surface area contributed by atoms with Gasteiger partial charge in [0.2, 0.25) is 0 Å². The summed E-state index contributed by atoms with van der Waals surface area (Å²) in [6.45, 7) is 1.01. The van der Waals surface area contributed by atoms with Gasteiger partial charge in [0, 0.05) is 6.42 Å². The maximum Gasteiger partial charge on any atom is 0.123 e. The minimum Gasteiger partial charge on any atom is -0.493 e. The second-order valence-electron chi connectivity index (χ2n) is 3.75. The van der Waals surface area contributed by atoms with Gasteiger partial charge in [-0.3, -0.25) is 0 Å². The van der Waals surface area contributed by atoms with E-state index in [1.165, 1.54) is 12.1 Å². The van der Waals surface area contributed by atoms with E-state index in [0.29, 0.717) is 31.7 Å². The molecule has 0 aromatic heterocycles. The van der Waals surface area contributed by atoms with Gasteiger partial charge in [-0.25, -0.2) is 4.39 Å². The van der Waals surface area contributed by atoms with Gasteiger partial charge in [-0.15, -0.1) is 0 Å². The Labute approximate surface area is 101 Å². The molecule has 17 heavy (non-hydrogen) atoms. The van der Waals surface area contributed by atoms with Crippen molar-refractivity contribution in [2.24, 2.45) is 5.73 Å². The maximum absolute atomic E-state index is 13.0. The Hall–Kier alpha value is -1.60. The molecule has 0 saturated heterocycles. The molecule has 92 valence electrons. The van der Waals surface area contributed by atoms with Crippen LogP contribution >= 0.6 is 0 Å². The normalized spacial score (nSPS) is 9.94. The predicted molar refractivity (Wildman–Crippen MR) is 64.1 cm³/mol. The summed E-state index contributed by atoms with van der Waals surface area (Å²) in [7, 11) is 0. The molecule has 0 aliphatic carbocycles. The van der Waals surface area contributed by atoms with Crippen LogP contribution in [0.25, 0.3) is 0 Å². The number of nitrogens with two attached hydrogens (primary N) is 1. The van der Waals surface area contributed by atoms with Crippen LogP contribution in [0.1, 0.15) is 24.8 Å². The van der Waals surface area contributed by atoms with Crippen molar-refractivity contribution in [2.75, 3.05) is 13.2 Å². The third-order valence-corrected chi connectivity index (χ3v) is 2.38. The van der Waals surface area contributed by atoms with Crippen molar-refractivity contribution in [3.05, 3.63) is 29.6 Å². The number of unbranched alkanes of at least 4 members (excludes halogenated alkanes) is 2.